The van der Waals surface area contributed by atoms with Gasteiger partial charge in [-0.25, -0.2) is 0 Å². The molecule has 0 aliphatic carbocycles. The molecule has 0 radical (unpaired) electrons. The normalized spacial score (nSPS) is 12.4. The van der Waals surface area contributed by atoms with E-state index in [0.717, 1.165) is 30.1 Å². The predicted octanol–water partition coefficient (Wildman–Crippen LogP) is 2.52. The maximum Gasteiger partial charge on any atom is 0.0547 e. The zero-order chi connectivity index (χ0) is 11.8. The first-order valence-electron chi connectivity index (χ1n) is 5.67. The third-order valence-corrected chi connectivity index (χ3v) is 3.35. The fourth-order valence-electron chi connectivity index (χ4n) is 1.22. The van der Waals surface area contributed by atoms with Crippen molar-refractivity contribution in [3.05, 3.63) is 24.0 Å². The van der Waals surface area contributed by atoms with Crippen molar-refractivity contribution in [2.75, 3.05) is 18.5 Å². The highest BCUT2D eigenvalue weighted by Gasteiger charge is 2.02. The second-order valence-corrected chi connectivity index (χ2v) is 5.19. The summed E-state index contributed by atoms with van der Waals surface area (Å²) in [7, 11) is 0. The van der Waals surface area contributed by atoms with Crippen molar-refractivity contribution in [1.82, 2.24) is 4.98 Å². The lowest BCUT2D eigenvalue weighted by Gasteiger charge is -2.09. The van der Waals surface area contributed by atoms with Gasteiger partial charge in [-0.2, -0.15) is 11.8 Å². The lowest BCUT2D eigenvalue weighted by Crippen LogP contribution is -2.04. The molecule has 0 aliphatic rings. The zero-order valence-electron chi connectivity index (χ0n) is 9.94. The number of aliphatic hydroxyl groups is 1. The van der Waals surface area contributed by atoms with E-state index in [1.54, 1.807) is 11.8 Å². The first-order valence-corrected chi connectivity index (χ1v) is 6.72. The molecule has 0 saturated heterocycles. The number of hydrogen-bond acceptors (Lipinski definition) is 4. The van der Waals surface area contributed by atoms with Crippen LogP contribution in [-0.4, -0.2) is 28.5 Å². The van der Waals surface area contributed by atoms with Crippen molar-refractivity contribution in [2.24, 2.45) is 0 Å². The zero-order valence-corrected chi connectivity index (χ0v) is 10.8. The maximum absolute atomic E-state index is 8.93. The monoisotopic (exact) mass is 240 g/mol. The molecule has 1 aromatic rings. The summed E-state index contributed by atoms with van der Waals surface area (Å²) in [6.45, 7) is 5.37. The van der Waals surface area contributed by atoms with Gasteiger partial charge in [0.25, 0.3) is 0 Å². The van der Waals surface area contributed by atoms with E-state index in [2.05, 4.69) is 23.3 Å². The van der Waals surface area contributed by atoms with E-state index in [4.69, 9.17) is 5.11 Å². The summed E-state index contributed by atoms with van der Waals surface area (Å²) < 4.78 is 0. The smallest absolute Gasteiger partial charge is 0.0547 e. The molecule has 0 spiro atoms. The molecule has 1 unspecified atom stereocenters. The van der Waals surface area contributed by atoms with Gasteiger partial charge in [0.1, 0.15) is 0 Å². The number of aromatic nitrogens is 1. The van der Waals surface area contributed by atoms with Crippen LogP contribution < -0.4 is 5.32 Å². The van der Waals surface area contributed by atoms with Crippen LogP contribution in [0.3, 0.4) is 0 Å². The van der Waals surface area contributed by atoms with Crippen LogP contribution >= 0.6 is 11.8 Å². The lowest BCUT2D eigenvalue weighted by atomic mass is 10.3. The molecular formula is C12H20N2OS. The average Bonchev–Trinajstić information content (AvgIpc) is 2.34. The molecule has 1 rings (SSSR count). The van der Waals surface area contributed by atoms with Gasteiger partial charge in [0.2, 0.25) is 0 Å². The molecule has 0 aliphatic heterocycles. The molecule has 0 fully saturated rings. The van der Waals surface area contributed by atoms with Gasteiger partial charge < -0.3 is 10.4 Å². The van der Waals surface area contributed by atoms with Crippen molar-refractivity contribution < 1.29 is 5.11 Å². The summed E-state index contributed by atoms with van der Waals surface area (Å²) in [5, 5.41) is 12.5. The highest BCUT2D eigenvalue weighted by Crippen LogP contribution is 2.17. The highest BCUT2D eigenvalue weighted by molar-refractivity contribution is 7.99. The van der Waals surface area contributed by atoms with Crippen LogP contribution in [0.4, 0.5) is 5.69 Å². The summed E-state index contributed by atoms with van der Waals surface area (Å²) in [5.41, 5.74) is 2.19. The number of nitrogens with zero attached hydrogens (tertiary/aromatic N) is 1. The predicted molar refractivity (Wildman–Crippen MR) is 70.9 cm³/mol. The van der Waals surface area contributed by atoms with Gasteiger partial charge in [0.15, 0.2) is 0 Å². The van der Waals surface area contributed by atoms with E-state index in [-0.39, 0.29) is 11.9 Å². The van der Waals surface area contributed by atoms with Gasteiger partial charge in [-0.1, -0.05) is 13.8 Å². The quantitative estimate of drug-likeness (QED) is 0.768. The van der Waals surface area contributed by atoms with E-state index in [0.29, 0.717) is 0 Å². The summed E-state index contributed by atoms with van der Waals surface area (Å²) in [6.07, 6.45) is 2.95. The lowest BCUT2D eigenvalue weighted by molar-refractivity contribution is 0.300. The van der Waals surface area contributed by atoms with Gasteiger partial charge in [-0.15, -0.1) is 0 Å². The van der Waals surface area contributed by atoms with Crippen molar-refractivity contribution in [3.63, 3.8) is 0 Å². The molecular weight excluding hydrogens is 220 g/mol. The number of pyridine rings is 1. The molecule has 4 heteroatoms. The number of nitrogens with one attached hydrogen (secondary N) is 1. The van der Waals surface area contributed by atoms with Crippen LogP contribution in [0.15, 0.2) is 18.3 Å². The minimum absolute atomic E-state index is 0.221. The van der Waals surface area contributed by atoms with Gasteiger partial charge in [0.05, 0.1) is 12.3 Å². The molecule has 3 nitrogen and oxygen atoms in total. The topological polar surface area (TPSA) is 45.2 Å². The Kier molecular flexibility index (Phi) is 6.26. The Balaban J connectivity index is 2.46. The Morgan fingerprint density at radius 1 is 1.56 bits per heavy atom. The maximum atomic E-state index is 8.93. The number of rotatable bonds is 7. The Bertz CT molecular complexity index is 307. The molecule has 1 atom stereocenters. The van der Waals surface area contributed by atoms with E-state index >= 15 is 0 Å². The Morgan fingerprint density at radius 2 is 2.38 bits per heavy atom. The summed E-state index contributed by atoms with van der Waals surface area (Å²) in [4.78, 5) is 4.31. The van der Waals surface area contributed by atoms with E-state index in [1.165, 1.54) is 0 Å². The second-order valence-electron chi connectivity index (χ2n) is 3.77. The molecule has 1 aromatic heterocycles. The molecule has 2 N–H and O–H groups in total. The van der Waals surface area contributed by atoms with Crippen LogP contribution in [0, 0.1) is 0 Å². The minimum atomic E-state index is 0.221. The van der Waals surface area contributed by atoms with Crippen LogP contribution in [0.5, 0.6) is 0 Å². The Hall–Kier alpha value is -0.740. The highest BCUT2D eigenvalue weighted by atomic mass is 32.2. The number of thioether (sulfide) groups is 1. The summed E-state index contributed by atoms with van der Waals surface area (Å²) >= 11 is 1.72. The van der Waals surface area contributed by atoms with Crippen LogP contribution in [0.1, 0.15) is 26.0 Å². The van der Waals surface area contributed by atoms with Crippen LogP contribution in [0.2, 0.25) is 0 Å². The molecule has 1 heterocycles. The first-order chi connectivity index (χ1) is 7.76. The Morgan fingerprint density at radius 3 is 3.06 bits per heavy atom. The fourth-order valence-corrected chi connectivity index (χ4v) is 1.94. The number of aliphatic hydroxyl groups excluding tert-OH is 1. The first kappa shape index (κ1) is 13.3. The molecule has 0 amide bonds. The fraction of sp³-hybridized carbons (Fsp3) is 0.583. The van der Waals surface area contributed by atoms with Gasteiger partial charge in [-0.05, 0) is 18.6 Å². The van der Waals surface area contributed by atoms with Crippen molar-refractivity contribution in [3.8, 4) is 0 Å². The van der Waals surface area contributed by atoms with Crippen molar-refractivity contribution >= 4 is 17.4 Å². The third-order valence-electron chi connectivity index (χ3n) is 2.17. The van der Waals surface area contributed by atoms with E-state index in [9.17, 15) is 0 Å². The average molecular weight is 240 g/mol. The number of anilines is 1. The van der Waals surface area contributed by atoms with Gasteiger partial charge in [0, 0.05) is 29.4 Å². The summed E-state index contributed by atoms with van der Waals surface area (Å²) in [6, 6.07) is 4.06. The summed E-state index contributed by atoms with van der Waals surface area (Å²) in [5.74, 6) is 0.851. The van der Waals surface area contributed by atoms with Crippen molar-refractivity contribution in [1.29, 1.82) is 0 Å². The molecule has 16 heavy (non-hydrogen) atoms. The standard InChI is InChI=1S/C12H20N2OS/c1-3-5-13-11-4-6-14-12(7-11)9-16-10(2)8-15/h4,6-7,10,15H,3,5,8-9H2,1-2H3,(H,13,14). The molecule has 0 aromatic carbocycles. The van der Waals surface area contributed by atoms with Gasteiger partial charge >= 0.3 is 0 Å². The second kappa shape index (κ2) is 7.52. The van der Waals surface area contributed by atoms with Crippen LogP contribution in [0.25, 0.3) is 0 Å². The Labute approximate surface area is 102 Å². The van der Waals surface area contributed by atoms with E-state index in [1.807, 2.05) is 19.2 Å². The van der Waals surface area contributed by atoms with Crippen LogP contribution in [-0.2, 0) is 5.75 Å². The number of hydrogen-bond donors (Lipinski definition) is 2. The third kappa shape index (κ3) is 4.86. The SMILES string of the molecule is CCCNc1ccnc(CSC(C)CO)c1. The minimum Gasteiger partial charge on any atom is -0.395 e. The molecule has 90 valence electrons. The van der Waals surface area contributed by atoms with E-state index < -0.39 is 0 Å². The van der Waals surface area contributed by atoms with Crippen molar-refractivity contribution in [2.45, 2.75) is 31.3 Å². The molecule has 0 bridgehead atoms. The molecule has 0 saturated carbocycles. The van der Waals surface area contributed by atoms with Gasteiger partial charge in [-0.3, -0.25) is 4.98 Å². The largest absolute Gasteiger partial charge is 0.395 e.